The summed E-state index contributed by atoms with van der Waals surface area (Å²) < 4.78 is 0. The monoisotopic (exact) mass is 271 g/mol. The lowest BCUT2D eigenvalue weighted by Gasteiger charge is -2.23. The Morgan fingerprint density at radius 3 is 2.15 bits per heavy atom. The number of benzene rings is 1. The van der Waals surface area contributed by atoms with Crippen molar-refractivity contribution in [2.24, 2.45) is 0 Å². The minimum Gasteiger partial charge on any atom is -0.507 e. The fourth-order valence-electron chi connectivity index (χ4n) is 2.97. The van der Waals surface area contributed by atoms with Crippen LogP contribution in [-0.2, 0) is 12.8 Å². The molecule has 0 bridgehead atoms. The summed E-state index contributed by atoms with van der Waals surface area (Å²) in [6.07, 6.45) is 1.24. The van der Waals surface area contributed by atoms with E-state index in [-0.39, 0.29) is 17.1 Å². The molecular formula is C16H17NO3. The lowest BCUT2D eigenvalue weighted by atomic mass is 9.84. The molecule has 1 aromatic carbocycles. The molecule has 0 saturated heterocycles. The van der Waals surface area contributed by atoms with Crippen LogP contribution < -0.4 is 5.56 Å². The molecule has 4 heteroatoms. The first-order valence-electron chi connectivity index (χ1n) is 6.64. The third-order valence-electron chi connectivity index (χ3n) is 4.26. The highest BCUT2D eigenvalue weighted by Crippen LogP contribution is 2.43. The van der Waals surface area contributed by atoms with Gasteiger partial charge in [-0.25, -0.2) is 0 Å². The average Bonchev–Trinajstić information content (AvgIpc) is 2.37. The number of hydrogen-bond donors (Lipinski definition) is 3. The second-order valence-corrected chi connectivity index (χ2v) is 5.64. The van der Waals surface area contributed by atoms with Crippen LogP contribution in [0.25, 0.3) is 10.9 Å². The number of aromatic nitrogens is 1. The fourth-order valence-corrected chi connectivity index (χ4v) is 2.97. The molecule has 0 atom stereocenters. The highest BCUT2D eigenvalue weighted by Gasteiger charge is 2.24. The zero-order chi connectivity index (χ0) is 14.6. The number of nitrogens with one attached hydrogen (secondary N) is 1. The van der Waals surface area contributed by atoms with Crippen LogP contribution >= 0.6 is 0 Å². The molecule has 20 heavy (non-hydrogen) atoms. The number of allylic oxidation sites excluding steroid dienone is 2. The van der Waals surface area contributed by atoms with Crippen molar-refractivity contribution in [1.82, 2.24) is 4.98 Å². The number of phenols is 2. The Kier molecular flexibility index (Phi) is 2.64. The minimum atomic E-state index is -0.274. The highest BCUT2D eigenvalue weighted by molar-refractivity contribution is 5.95. The van der Waals surface area contributed by atoms with Gasteiger partial charge in [0.05, 0.1) is 5.52 Å². The first-order valence-corrected chi connectivity index (χ1v) is 6.64. The van der Waals surface area contributed by atoms with Gasteiger partial charge in [0.1, 0.15) is 11.5 Å². The quantitative estimate of drug-likeness (QED) is 0.509. The van der Waals surface area contributed by atoms with Crippen LogP contribution in [-0.4, -0.2) is 15.2 Å². The molecule has 4 nitrogen and oxygen atoms in total. The molecule has 3 N–H and O–H groups in total. The number of aryl methyl sites for hydroxylation is 1. The Balaban J connectivity index is 2.46. The summed E-state index contributed by atoms with van der Waals surface area (Å²) >= 11 is 0. The molecule has 0 unspecified atom stereocenters. The minimum absolute atomic E-state index is 0.0837. The second-order valence-electron chi connectivity index (χ2n) is 5.64. The topological polar surface area (TPSA) is 73.3 Å². The van der Waals surface area contributed by atoms with E-state index in [1.165, 1.54) is 17.2 Å². The van der Waals surface area contributed by atoms with Gasteiger partial charge in [0, 0.05) is 22.6 Å². The van der Waals surface area contributed by atoms with Crippen molar-refractivity contribution in [3.63, 3.8) is 0 Å². The summed E-state index contributed by atoms with van der Waals surface area (Å²) in [5.74, 6) is 0.258. The third kappa shape index (κ3) is 1.64. The summed E-state index contributed by atoms with van der Waals surface area (Å²) in [7, 11) is 0. The van der Waals surface area contributed by atoms with Crippen LogP contribution in [0, 0.1) is 6.92 Å². The number of pyridine rings is 1. The lowest BCUT2D eigenvalue weighted by molar-refractivity contribution is 0.456. The first-order chi connectivity index (χ1) is 9.40. The van der Waals surface area contributed by atoms with Crippen molar-refractivity contribution >= 4 is 10.9 Å². The van der Waals surface area contributed by atoms with Crippen LogP contribution in [0.3, 0.4) is 0 Å². The second kappa shape index (κ2) is 4.13. The van der Waals surface area contributed by atoms with Crippen molar-refractivity contribution in [3.8, 4) is 11.5 Å². The molecule has 0 amide bonds. The molecule has 3 rings (SSSR count). The van der Waals surface area contributed by atoms with Gasteiger partial charge in [0.25, 0.3) is 0 Å². The van der Waals surface area contributed by atoms with Crippen molar-refractivity contribution in [1.29, 1.82) is 0 Å². The van der Waals surface area contributed by atoms with Gasteiger partial charge in [-0.2, -0.15) is 0 Å². The van der Waals surface area contributed by atoms with Crippen LogP contribution in [0.2, 0.25) is 0 Å². The van der Waals surface area contributed by atoms with E-state index < -0.39 is 0 Å². The normalized spacial score (nSPS) is 14.8. The zero-order valence-electron chi connectivity index (χ0n) is 11.8. The first kappa shape index (κ1) is 12.8. The highest BCUT2D eigenvalue weighted by atomic mass is 16.3. The van der Waals surface area contributed by atoms with Gasteiger partial charge in [-0.05, 0) is 39.2 Å². The van der Waals surface area contributed by atoms with Crippen molar-refractivity contribution in [2.45, 2.75) is 33.6 Å². The van der Waals surface area contributed by atoms with E-state index in [0.29, 0.717) is 29.3 Å². The van der Waals surface area contributed by atoms with Crippen LogP contribution in [0.1, 0.15) is 30.5 Å². The van der Waals surface area contributed by atoms with E-state index in [1.807, 2.05) is 13.8 Å². The maximum absolute atomic E-state index is 11.6. The summed E-state index contributed by atoms with van der Waals surface area (Å²) in [6, 6.07) is 1.44. The molecule has 0 spiro atoms. The van der Waals surface area contributed by atoms with Gasteiger partial charge < -0.3 is 15.2 Å². The molecule has 0 aliphatic heterocycles. The Morgan fingerprint density at radius 1 is 1.00 bits per heavy atom. The van der Waals surface area contributed by atoms with E-state index in [2.05, 4.69) is 4.98 Å². The molecule has 1 aromatic heterocycles. The Hall–Kier alpha value is -2.23. The van der Waals surface area contributed by atoms with Gasteiger partial charge >= 0.3 is 0 Å². The van der Waals surface area contributed by atoms with E-state index >= 15 is 0 Å². The van der Waals surface area contributed by atoms with Gasteiger partial charge in [0.15, 0.2) is 0 Å². The van der Waals surface area contributed by atoms with E-state index in [9.17, 15) is 15.0 Å². The Morgan fingerprint density at radius 2 is 1.55 bits per heavy atom. The Labute approximate surface area is 116 Å². The van der Waals surface area contributed by atoms with Crippen molar-refractivity contribution in [2.75, 3.05) is 0 Å². The molecular weight excluding hydrogens is 254 g/mol. The van der Waals surface area contributed by atoms with E-state index in [1.54, 1.807) is 6.92 Å². The molecule has 104 valence electrons. The number of fused-ring (bicyclic) bond motifs is 2. The molecule has 1 aliphatic rings. The van der Waals surface area contributed by atoms with Crippen LogP contribution in [0.4, 0.5) is 0 Å². The van der Waals surface area contributed by atoms with E-state index in [4.69, 9.17) is 0 Å². The average molecular weight is 271 g/mol. The van der Waals surface area contributed by atoms with Crippen LogP contribution in [0.15, 0.2) is 22.0 Å². The molecule has 1 aliphatic carbocycles. The summed E-state index contributed by atoms with van der Waals surface area (Å²) in [6.45, 7) is 5.83. The number of H-pyrrole nitrogens is 1. The van der Waals surface area contributed by atoms with Gasteiger partial charge in [-0.1, -0.05) is 11.1 Å². The zero-order valence-corrected chi connectivity index (χ0v) is 11.8. The molecule has 0 radical (unpaired) electrons. The summed E-state index contributed by atoms with van der Waals surface area (Å²) in [5.41, 5.74) is 4.63. The molecule has 0 fully saturated rings. The third-order valence-corrected chi connectivity index (χ3v) is 4.26. The predicted molar refractivity (Wildman–Crippen MR) is 78.4 cm³/mol. The van der Waals surface area contributed by atoms with Gasteiger partial charge in [-0.3, -0.25) is 4.79 Å². The lowest BCUT2D eigenvalue weighted by Crippen LogP contribution is -2.10. The number of aromatic hydroxyl groups is 2. The fraction of sp³-hybridized carbons (Fsp3) is 0.312. The van der Waals surface area contributed by atoms with E-state index in [0.717, 1.165) is 11.1 Å². The summed E-state index contributed by atoms with van der Waals surface area (Å²) in [5, 5.41) is 21.5. The summed E-state index contributed by atoms with van der Waals surface area (Å²) in [4.78, 5) is 14.2. The van der Waals surface area contributed by atoms with Crippen molar-refractivity contribution < 1.29 is 10.2 Å². The van der Waals surface area contributed by atoms with Gasteiger partial charge in [-0.15, -0.1) is 0 Å². The Bertz CT molecular complexity index is 828. The van der Waals surface area contributed by atoms with Gasteiger partial charge in [0.2, 0.25) is 5.56 Å². The smallest absolute Gasteiger partial charge is 0.248 e. The largest absolute Gasteiger partial charge is 0.507 e. The number of phenolic OH excluding ortho intramolecular Hbond substituents is 2. The molecule has 0 saturated carbocycles. The standard InChI is InChI=1S/C16H17NO3/c1-7-4-10-11(5-8(7)2)16(20)14-13(15(10)19)9(3)6-12(18)17-14/h6,19-20H,4-5H2,1-3H3,(H,17,18). The number of rotatable bonds is 0. The number of aromatic amines is 1. The number of hydrogen-bond acceptors (Lipinski definition) is 3. The van der Waals surface area contributed by atoms with Crippen molar-refractivity contribution in [3.05, 3.63) is 44.3 Å². The van der Waals surface area contributed by atoms with Crippen LogP contribution in [0.5, 0.6) is 11.5 Å². The SMILES string of the molecule is CC1=C(C)Cc2c(c(O)c3[nH]c(=O)cc(C)c3c2O)C1. The maximum atomic E-state index is 11.6. The predicted octanol–water partition coefficient (Wildman–Crippen LogP) is 2.68. The maximum Gasteiger partial charge on any atom is 0.248 e. The molecule has 2 aromatic rings. The molecule has 1 heterocycles.